The molecule has 0 fully saturated rings. The van der Waals surface area contributed by atoms with Crippen LogP contribution >= 0.6 is 0 Å². The van der Waals surface area contributed by atoms with Gasteiger partial charge in [0.1, 0.15) is 5.75 Å². The number of rotatable bonds is 12. The van der Waals surface area contributed by atoms with Crippen LogP contribution in [0.25, 0.3) is 27.4 Å². The van der Waals surface area contributed by atoms with Crippen molar-refractivity contribution in [1.82, 2.24) is 9.88 Å². The number of methoxy groups -OCH3 is 1. The van der Waals surface area contributed by atoms with Gasteiger partial charge in [0.15, 0.2) is 5.78 Å². The molecule has 5 rings (SSSR count). The number of carbonyl (C=O) groups is 3. The van der Waals surface area contributed by atoms with E-state index in [1.165, 1.54) is 6.07 Å². The van der Waals surface area contributed by atoms with Gasteiger partial charge in [0.2, 0.25) is 0 Å². The zero-order valence-corrected chi connectivity index (χ0v) is 25.4. The molecule has 0 aliphatic rings. The molecule has 10 heteroatoms. The van der Waals surface area contributed by atoms with Gasteiger partial charge in [-0.1, -0.05) is 37.6 Å². The van der Waals surface area contributed by atoms with Gasteiger partial charge in [-0.3, -0.25) is 14.4 Å². The van der Waals surface area contributed by atoms with Crippen LogP contribution in [0, 0.1) is 5.92 Å². The minimum Gasteiger partial charge on any atom is -0.497 e. The molecule has 0 bridgehead atoms. The molecule has 0 radical (unpaired) electrons. The van der Waals surface area contributed by atoms with Crippen molar-refractivity contribution < 1.29 is 37.4 Å². The number of nitrogens with zero attached hydrogens (tertiary/aromatic N) is 1. The van der Waals surface area contributed by atoms with Gasteiger partial charge in [-0.25, -0.2) is 0 Å². The number of hydrogen-bond donors (Lipinski definition) is 2. The number of alkyl halides is 3. The lowest BCUT2D eigenvalue weighted by Crippen LogP contribution is -2.26. The third kappa shape index (κ3) is 7.06. The molecule has 5 aromatic rings. The van der Waals surface area contributed by atoms with Gasteiger partial charge in [-0.2, -0.15) is 13.2 Å². The van der Waals surface area contributed by atoms with Crippen LogP contribution in [0.2, 0.25) is 0 Å². The number of nitrogens with one attached hydrogen (secondary N) is 1. The molecule has 0 aliphatic carbocycles. The molecule has 46 heavy (non-hydrogen) atoms. The highest BCUT2D eigenvalue weighted by Crippen LogP contribution is 2.35. The number of aliphatic carboxylic acids is 1. The second-order valence-corrected chi connectivity index (χ2v) is 11.2. The van der Waals surface area contributed by atoms with Crippen molar-refractivity contribution in [3.63, 3.8) is 0 Å². The normalized spacial score (nSPS) is 12.3. The fourth-order valence-electron chi connectivity index (χ4n) is 5.67. The van der Waals surface area contributed by atoms with Crippen molar-refractivity contribution >= 4 is 39.3 Å². The number of amides is 1. The maximum Gasteiger partial charge on any atom is 0.416 e. The number of carbonyl (C=O) groups excluding carboxylic acids is 2. The first kappa shape index (κ1) is 32.3. The van der Waals surface area contributed by atoms with Crippen LogP contribution in [0.5, 0.6) is 5.75 Å². The first-order valence-electron chi connectivity index (χ1n) is 14.9. The zero-order valence-electron chi connectivity index (χ0n) is 25.4. The minimum absolute atomic E-state index is 0.00680. The molecule has 0 aliphatic heterocycles. The Bertz CT molecular complexity index is 1910. The number of ketones is 1. The van der Waals surface area contributed by atoms with Crippen molar-refractivity contribution in [2.75, 3.05) is 13.7 Å². The van der Waals surface area contributed by atoms with Gasteiger partial charge < -0.3 is 19.7 Å². The van der Waals surface area contributed by atoms with Crippen LogP contribution in [0.15, 0.2) is 84.9 Å². The molecule has 1 heterocycles. The lowest BCUT2D eigenvalue weighted by molar-refractivity contribution is -0.138. The van der Waals surface area contributed by atoms with E-state index in [-0.39, 0.29) is 24.4 Å². The summed E-state index contributed by atoms with van der Waals surface area (Å²) in [5.74, 6) is -1.39. The molecule has 7 nitrogen and oxygen atoms in total. The highest BCUT2D eigenvalue weighted by Gasteiger charge is 2.32. The Morgan fingerprint density at radius 3 is 2.28 bits per heavy atom. The van der Waals surface area contributed by atoms with Gasteiger partial charge in [0.05, 0.1) is 30.3 Å². The first-order chi connectivity index (χ1) is 22.0. The monoisotopic (exact) mass is 630 g/mol. The van der Waals surface area contributed by atoms with Gasteiger partial charge in [-0.05, 0) is 89.8 Å². The van der Waals surface area contributed by atoms with E-state index >= 15 is 0 Å². The number of Topliss-reactive ketones (excluding diaryl/α,β-unsaturated/α-hetero) is 1. The van der Waals surface area contributed by atoms with E-state index in [2.05, 4.69) is 5.32 Å². The van der Waals surface area contributed by atoms with E-state index in [9.17, 15) is 27.6 Å². The zero-order chi connectivity index (χ0) is 33.0. The third-order valence-electron chi connectivity index (χ3n) is 8.00. The fourth-order valence-corrected chi connectivity index (χ4v) is 5.67. The fraction of sp³-hybridized carbons (Fsp3) is 0.250. The summed E-state index contributed by atoms with van der Waals surface area (Å²) in [5.41, 5.74) is 1.80. The number of carboxylic acid groups (broad SMARTS) is 1. The van der Waals surface area contributed by atoms with Gasteiger partial charge in [0, 0.05) is 29.1 Å². The Balaban J connectivity index is 1.51. The molecule has 0 spiro atoms. The number of fused-ring (bicyclic) bond motifs is 2. The van der Waals surface area contributed by atoms with Crippen LogP contribution < -0.4 is 10.1 Å². The van der Waals surface area contributed by atoms with Gasteiger partial charge in [-0.15, -0.1) is 0 Å². The van der Waals surface area contributed by atoms with Gasteiger partial charge >= 0.3 is 12.1 Å². The van der Waals surface area contributed by atoms with Crippen LogP contribution in [0.3, 0.4) is 0 Å². The Labute approximate surface area is 263 Å². The lowest BCUT2D eigenvalue weighted by Gasteiger charge is -2.18. The number of aromatic nitrogens is 1. The Hall–Kier alpha value is -5.12. The number of halogens is 3. The second-order valence-electron chi connectivity index (χ2n) is 11.2. The molecular formula is C36H33F3N2O5. The first-order valence-corrected chi connectivity index (χ1v) is 14.9. The van der Waals surface area contributed by atoms with Crippen molar-refractivity contribution in [1.29, 1.82) is 0 Å². The summed E-state index contributed by atoms with van der Waals surface area (Å²) in [4.78, 5) is 37.4. The van der Waals surface area contributed by atoms with Crippen LogP contribution in [0.1, 0.15) is 58.2 Å². The van der Waals surface area contributed by atoms with Crippen molar-refractivity contribution in [3.8, 4) is 11.4 Å². The molecule has 1 aromatic heterocycles. The number of hydrogen-bond acceptors (Lipinski definition) is 4. The quantitative estimate of drug-likeness (QED) is 0.137. The standard InChI is InChI=1S/C36H33F3N2O5/c1-3-4-26(17-22-5-7-23(8-6-22)35(45)40-16-15-33(42)43)34(44)32-21-27-18-28(36(37,38)39)11-14-31(27)41(32)29-12-9-25-20-30(46-2)13-10-24(25)19-29/h5-14,18-21,26H,3-4,15-17H2,1-2H3,(H,40,45)(H,42,43). The van der Waals surface area contributed by atoms with Crippen LogP contribution in [-0.4, -0.2) is 41.0 Å². The molecule has 0 saturated heterocycles. The maximum absolute atomic E-state index is 14.3. The Morgan fingerprint density at radius 1 is 0.891 bits per heavy atom. The van der Waals surface area contributed by atoms with Crippen molar-refractivity contribution in [2.24, 2.45) is 5.92 Å². The van der Waals surface area contributed by atoms with E-state index < -0.39 is 29.5 Å². The van der Waals surface area contributed by atoms with Gasteiger partial charge in [0.25, 0.3) is 5.91 Å². The van der Waals surface area contributed by atoms with Crippen LogP contribution in [-0.2, 0) is 17.4 Å². The third-order valence-corrected chi connectivity index (χ3v) is 8.00. The second kappa shape index (κ2) is 13.5. The molecule has 2 N–H and O–H groups in total. The Morgan fingerprint density at radius 2 is 1.61 bits per heavy atom. The summed E-state index contributed by atoms with van der Waals surface area (Å²) in [5, 5.41) is 13.4. The molecule has 1 atom stereocenters. The van der Waals surface area contributed by atoms with E-state index in [4.69, 9.17) is 9.84 Å². The number of ether oxygens (including phenoxy) is 1. The largest absolute Gasteiger partial charge is 0.497 e. The summed E-state index contributed by atoms with van der Waals surface area (Å²) in [6, 6.07) is 23.0. The SMILES string of the molecule is CCCC(Cc1ccc(C(=O)NCCC(=O)O)cc1)C(=O)c1cc2cc(C(F)(F)F)ccc2n1-c1ccc2cc(OC)ccc2c1. The molecule has 0 saturated carbocycles. The minimum atomic E-state index is -4.54. The number of carboxylic acids is 1. The van der Waals surface area contributed by atoms with Crippen molar-refractivity contribution in [3.05, 3.63) is 107 Å². The number of benzene rings is 4. The summed E-state index contributed by atoms with van der Waals surface area (Å²) >= 11 is 0. The van der Waals surface area contributed by atoms with E-state index in [1.807, 2.05) is 43.3 Å². The predicted molar refractivity (Wildman–Crippen MR) is 170 cm³/mol. The highest BCUT2D eigenvalue weighted by atomic mass is 19.4. The summed E-state index contributed by atoms with van der Waals surface area (Å²) < 4.78 is 48.0. The van der Waals surface area contributed by atoms with E-state index in [0.717, 1.165) is 28.5 Å². The smallest absolute Gasteiger partial charge is 0.416 e. The van der Waals surface area contributed by atoms with Crippen molar-refractivity contribution in [2.45, 2.75) is 38.8 Å². The summed E-state index contributed by atoms with van der Waals surface area (Å²) in [7, 11) is 1.58. The van der Waals surface area contributed by atoms with E-state index in [0.29, 0.717) is 47.2 Å². The molecular weight excluding hydrogens is 597 g/mol. The van der Waals surface area contributed by atoms with E-state index in [1.54, 1.807) is 42.0 Å². The summed E-state index contributed by atoms with van der Waals surface area (Å²) in [6.07, 6.45) is -3.11. The highest BCUT2D eigenvalue weighted by molar-refractivity contribution is 6.03. The molecule has 238 valence electrons. The summed E-state index contributed by atoms with van der Waals surface area (Å²) in [6.45, 7) is 1.97. The molecule has 1 unspecified atom stereocenters. The Kier molecular flexibility index (Phi) is 9.46. The molecule has 1 amide bonds. The maximum atomic E-state index is 14.3. The predicted octanol–water partition coefficient (Wildman–Crippen LogP) is 7.86. The van der Waals surface area contributed by atoms with Crippen LogP contribution in [0.4, 0.5) is 13.2 Å². The average molecular weight is 631 g/mol. The average Bonchev–Trinajstić information content (AvgIpc) is 3.42. The molecule has 4 aromatic carbocycles. The lowest BCUT2D eigenvalue weighted by atomic mass is 9.89. The topological polar surface area (TPSA) is 97.6 Å².